The summed E-state index contributed by atoms with van der Waals surface area (Å²) in [5.41, 5.74) is 2.68. The summed E-state index contributed by atoms with van der Waals surface area (Å²) >= 11 is 6.18. The van der Waals surface area contributed by atoms with Gasteiger partial charge in [-0.3, -0.25) is 9.69 Å². The zero-order chi connectivity index (χ0) is 23.3. The Bertz CT molecular complexity index is 1230. The molecular weight excluding hydrogens is 466 g/mol. The molecule has 8 nitrogen and oxygen atoms in total. The zero-order valence-corrected chi connectivity index (χ0v) is 19.6. The molecule has 0 saturated carbocycles. The normalized spacial score (nSPS) is 23.2. The Balaban J connectivity index is 1.30. The number of nitrogens with zero attached hydrogens (tertiary/aromatic N) is 2. The Morgan fingerprint density at radius 1 is 1.15 bits per heavy atom. The van der Waals surface area contributed by atoms with Crippen molar-refractivity contribution in [3.05, 3.63) is 58.6 Å². The number of carbonyl (C=O) groups excluding carboxylic acids is 2. The molecule has 2 atom stereocenters. The van der Waals surface area contributed by atoms with Gasteiger partial charge >= 0.3 is 6.09 Å². The molecule has 5 rings (SSSR count). The third kappa shape index (κ3) is 3.88. The van der Waals surface area contributed by atoms with E-state index in [9.17, 15) is 18.0 Å². The van der Waals surface area contributed by atoms with E-state index in [1.165, 1.54) is 35.0 Å². The third-order valence-corrected chi connectivity index (χ3v) is 8.82. The van der Waals surface area contributed by atoms with Crippen LogP contribution in [0.4, 0.5) is 10.5 Å². The Hall–Kier alpha value is -2.62. The molecule has 2 aromatic rings. The lowest BCUT2D eigenvalue weighted by molar-refractivity contribution is -0.114. The smallest absolute Gasteiger partial charge is 0.411 e. The van der Waals surface area contributed by atoms with Crippen molar-refractivity contribution in [2.45, 2.75) is 49.3 Å². The second-order valence-electron chi connectivity index (χ2n) is 8.64. The van der Waals surface area contributed by atoms with Crippen LogP contribution in [0.3, 0.4) is 0 Å². The van der Waals surface area contributed by atoms with E-state index in [1.807, 2.05) is 23.1 Å². The first kappa shape index (κ1) is 22.2. The number of rotatable bonds is 4. The standard InChI is InChI=1S/C23H24ClN3O5S/c1-14(28)25-20-7-6-17(13-19(20)24)33(30,31)26-10-8-16(9-11-26)27-22-18-5-3-2-4-15(18)12-21(22)32-23(27)29/h2-7,13,16,21-22H,8-12H2,1H3,(H,25,28). The number of carbonyl (C=O) groups is 2. The number of hydrogen-bond donors (Lipinski definition) is 1. The van der Waals surface area contributed by atoms with Crippen LogP contribution in [0.15, 0.2) is 47.4 Å². The van der Waals surface area contributed by atoms with Crippen molar-refractivity contribution in [2.24, 2.45) is 0 Å². The average molecular weight is 490 g/mol. The molecule has 0 aromatic heterocycles. The molecular formula is C23H24ClN3O5S. The van der Waals surface area contributed by atoms with E-state index in [0.29, 0.717) is 38.0 Å². The molecule has 174 valence electrons. The van der Waals surface area contributed by atoms with Gasteiger partial charge in [0, 0.05) is 32.5 Å². The monoisotopic (exact) mass is 489 g/mol. The van der Waals surface area contributed by atoms with Crippen LogP contribution in [0, 0.1) is 0 Å². The first-order valence-corrected chi connectivity index (χ1v) is 12.7. The van der Waals surface area contributed by atoms with Crippen LogP contribution < -0.4 is 5.32 Å². The van der Waals surface area contributed by atoms with Crippen LogP contribution in [0.1, 0.15) is 36.9 Å². The van der Waals surface area contributed by atoms with Gasteiger partial charge in [-0.05, 0) is 42.2 Å². The maximum Gasteiger partial charge on any atom is 0.411 e. The number of anilines is 1. The Kier molecular flexibility index (Phi) is 5.58. The van der Waals surface area contributed by atoms with Gasteiger partial charge in [-0.1, -0.05) is 35.9 Å². The summed E-state index contributed by atoms with van der Waals surface area (Å²) in [6.45, 7) is 1.94. The highest BCUT2D eigenvalue weighted by atomic mass is 35.5. The summed E-state index contributed by atoms with van der Waals surface area (Å²) in [6, 6.07) is 12.2. The highest BCUT2D eigenvalue weighted by Gasteiger charge is 2.50. The molecule has 3 aliphatic rings. The van der Waals surface area contributed by atoms with Gasteiger partial charge in [-0.15, -0.1) is 0 Å². The van der Waals surface area contributed by atoms with Gasteiger partial charge in [0.15, 0.2) is 0 Å². The fraction of sp³-hybridized carbons (Fsp3) is 0.391. The predicted molar refractivity (Wildman–Crippen MR) is 123 cm³/mol. The predicted octanol–water partition coefficient (Wildman–Crippen LogP) is 3.57. The summed E-state index contributed by atoms with van der Waals surface area (Å²) in [5, 5.41) is 2.73. The number of piperidine rings is 1. The van der Waals surface area contributed by atoms with Crippen molar-refractivity contribution in [1.82, 2.24) is 9.21 Å². The van der Waals surface area contributed by atoms with E-state index in [1.54, 1.807) is 0 Å². The lowest BCUT2D eigenvalue weighted by Crippen LogP contribution is -2.47. The van der Waals surface area contributed by atoms with Crippen molar-refractivity contribution in [3.63, 3.8) is 0 Å². The van der Waals surface area contributed by atoms with Gasteiger partial charge < -0.3 is 10.1 Å². The number of nitrogens with one attached hydrogen (secondary N) is 1. The van der Waals surface area contributed by atoms with Crippen molar-refractivity contribution in [3.8, 4) is 0 Å². The van der Waals surface area contributed by atoms with E-state index in [0.717, 1.165) is 5.56 Å². The summed E-state index contributed by atoms with van der Waals surface area (Å²) in [6.07, 6.45) is 1.27. The van der Waals surface area contributed by atoms with Crippen LogP contribution >= 0.6 is 11.6 Å². The second kappa shape index (κ2) is 8.30. The summed E-state index contributed by atoms with van der Waals surface area (Å²) < 4.78 is 33.5. The molecule has 10 heteroatoms. The minimum absolute atomic E-state index is 0.0745. The molecule has 2 aliphatic heterocycles. The van der Waals surface area contributed by atoms with Gasteiger partial charge in [0.2, 0.25) is 15.9 Å². The number of ether oxygens (including phenoxy) is 1. The first-order chi connectivity index (χ1) is 15.8. The van der Waals surface area contributed by atoms with Crippen molar-refractivity contribution in [2.75, 3.05) is 18.4 Å². The minimum atomic E-state index is -3.75. The molecule has 1 aliphatic carbocycles. The second-order valence-corrected chi connectivity index (χ2v) is 11.0. The number of sulfonamides is 1. The van der Waals surface area contributed by atoms with Crippen LogP contribution in [-0.4, -0.2) is 54.9 Å². The fourth-order valence-corrected chi connectivity index (χ4v) is 6.90. The molecule has 2 aromatic carbocycles. The van der Waals surface area contributed by atoms with Gasteiger partial charge in [0.1, 0.15) is 6.10 Å². The Labute approximate surface area is 197 Å². The summed E-state index contributed by atoms with van der Waals surface area (Å²) in [5.74, 6) is -0.290. The topological polar surface area (TPSA) is 96.0 Å². The molecule has 2 unspecified atom stereocenters. The average Bonchev–Trinajstić information content (AvgIpc) is 3.29. The number of hydrogen-bond acceptors (Lipinski definition) is 5. The number of halogens is 1. The molecule has 2 fully saturated rings. The maximum absolute atomic E-state index is 13.2. The number of benzene rings is 2. The highest BCUT2D eigenvalue weighted by Crippen LogP contribution is 2.45. The fourth-order valence-electron chi connectivity index (χ4n) is 5.11. The third-order valence-electron chi connectivity index (χ3n) is 6.62. The quantitative estimate of drug-likeness (QED) is 0.708. The number of amides is 2. The van der Waals surface area contributed by atoms with Gasteiger partial charge in [-0.25, -0.2) is 13.2 Å². The molecule has 2 saturated heterocycles. The van der Waals surface area contributed by atoms with Gasteiger partial charge in [0.25, 0.3) is 0 Å². The van der Waals surface area contributed by atoms with E-state index in [-0.39, 0.29) is 40.1 Å². The molecule has 0 radical (unpaired) electrons. The molecule has 2 heterocycles. The maximum atomic E-state index is 13.2. The van der Waals surface area contributed by atoms with Gasteiger partial charge in [0.05, 0.1) is 21.6 Å². The van der Waals surface area contributed by atoms with Crippen LogP contribution in [0.2, 0.25) is 5.02 Å². The van der Waals surface area contributed by atoms with E-state index < -0.39 is 10.0 Å². The van der Waals surface area contributed by atoms with E-state index >= 15 is 0 Å². The minimum Gasteiger partial charge on any atom is -0.443 e. The van der Waals surface area contributed by atoms with E-state index in [2.05, 4.69) is 11.4 Å². The zero-order valence-electron chi connectivity index (χ0n) is 18.0. The number of fused-ring (bicyclic) bond motifs is 3. The molecule has 2 amide bonds. The van der Waals surface area contributed by atoms with Gasteiger partial charge in [-0.2, -0.15) is 4.31 Å². The summed E-state index contributed by atoms with van der Waals surface area (Å²) in [4.78, 5) is 25.8. The molecule has 0 spiro atoms. The molecule has 1 N–H and O–H groups in total. The van der Waals surface area contributed by atoms with Crippen molar-refractivity contribution < 1.29 is 22.7 Å². The lowest BCUT2D eigenvalue weighted by Gasteiger charge is -2.37. The van der Waals surface area contributed by atoms with Crippen molar-refractivity contribution in [1.29, 1.82) is 0 Å². The Morgan fingerprint density at radius 3 is 2.58 bits per heavy atom. The first-order valence-electron chi connectivity index (χ1n) is 10.9. The van der Waals surface area contributed by atoms with Crippen molar-refractivity contribution >= 4 is 39.3 Å². The largest absolute Gasteiger partial charge is 0.443 e. The molecule has 33 heavy (non-hydrogen) atoms. The van der Waals surface area contributed by atoms with Crippen LogP contribution in [0.25, 0.3) is 0 Å². The lowest BCUT2D eigenvalue weighted by atomic mass is 10.00. The highest BCUT2D eigenvalue weighted by molar-refractivity contribution is 7.89. The van der Waals surface area contributed by atoms with Crippen LogP contribution in [0.5, 0.6) is 0 Å². The van der Waals surface area contributed by atoms with E-state index in [4.69, 9.17) is 16.3 Å². The SMILES string of the molecule is CC(=O)Nc1ccc(S(=O)(=O)N2CCC(N3C(=O)OC4Cc5ccccc5C43)CC2)cc1Cl. The Morgan fingerprint density at radius 2 is 1.88 bits per heavy atom. The molecule has 0 bridgehead atoms. The van der Waals surface area contributed by atoms with Crippen LogP contribution in [-0.2, 0) is 26.0 Å². The summed E-state index contributed by atoms with van der Waals surface area (Å²) in [7, 11) is -3.75.